The third-order valence-corrected chi connectivity index (χ3v) is 6.24. The fourth-order valence-corrected chi connectivity index (χ4v) is 4.22. The van der Waals surface area contributed by atoms with Crippen molar-refractivity contribution in [2.24, 2.45) is 5.92 Å². The molecule has 1 fully saturated rings. The Labute approximate surface area is 235 Å². The van der Waals surface area contributed by atoms with Gasteiger partial charge >= 0.3 is 0 Å². The molecule has 0 unspecified atom stereocenters. The second kappa shape index (κ2) is 18.1. The third kappa shape index (κ3) is 10.4. The minimum Gasteiger partial charge on any atom is -0.496 e. The Morgan fingerprint density at radius 3 is 2.26 bits per heavy atom. The van der Waals surface area contributed by atoms with Crippen LogP contribution >= 0.6 is 0 Å². The first-order valence-corrected chi connectivity index (χ1v) is 14.0. The molecule has 3 aromatic rings. The molecule has 4 rings (SSSR count). The summed E-state index contributed by atoms with van der Waals surface area (Å²) in [7, 11) is 5.80. The van der Waals surface area contributed by atoms with E-state index in [0.29, 0.717) is 11.9 Å². The summed E-state index contributed by atoms with van der Waals surface area (Å²) in [5.41, 5.74) is 9.94. The molecule has 1 aliphatic carbocycles. The van der Waals surface area contributed by atoms with Crippen LogP contribution in [0.25, 0.3) is 22.3 Å². The number of nitrogens with two attached hydrogens (primary N) is 1. The highest BCUT2D eigenvalue weighted by Gasteiger charge is 2.25. The van der Waals surface area contributed by atoms with Gasteiger partial charge in [0.05, 0.1) is 18.5 Å². The lowest BCUT2D eigenvalue weighted by atomic mass is 9.87. The third-order valence-electron chi connectivity index (χ3n) is 6.24. The maximum absolute atomic E-state index is 8.81. The number of fused-ring (bicyclic) bond motifs is 1. The van der Waals surface area contributed by atoms with E-state index in [1.165, 1.54) is 32.5 Å². The zero-order valence-corrected chi connectivity index (χ0v) is 25.6. The Bertz CT molecular complexity index is 1150. The van der Waals surface area contributed by atoms with Gasteiger partial charge in [0.1, 0.15) is 29.9 Å². The number of nitrogens with zero attached hydrogens (tertiary/aromatic N) is 5. The van der Waals surface area contributed by atoms with Gasteiger partial charge in [-0.15, -0.1) is 0 Å². The molecule has 2 N–H and O–H groups in total. The van der Waals surface area contributed by atoms with E-state index in [1.807, 2.05) is 26.0 Å². The first-order valence-electron chi connectivity index (χ1n) is 14.0. The van der Waals surface area contributed by atoms with E-state index in [0.717, 1.165) is 65.2 Å². The van der Waals surface area contributed by atoms with Crippen molar-refractivity contribution in [3.05, 3.63) is 42.2 Å². The van der Waals surface area contributed by atoms with Crippen LogP contribution in [-0.4, -0.2) is 58.7 Å². The van der Waals surface area contributed by atoms with Gasteiger partial charge in [0.25, 0.3) is 0 Å². The van der Waals surface area contributed by atoms with Crippen molar-refractivity contribution in [2.45, 2.75) is 79.7 Å². The second-order valence-electron chi connectivity index (χ2n) is 10.1. The van der Waals surface area contributed by atoms with Gasteiger partial charge in [-0.3, -0.25) is 0 Å². The smallest absolute Gasteiger partial charge is 0.164 e. The number of carbonyl (C=O) groups excluding carboxylic acids is 1. The van der Waals surface area contributed by atoms with Gasteiger partial charge in [-0.25, -0.2) is 14.6 Å². The SMILES string of the molecule is C/C=C/CN(C)C.CC=O.CCC.COc1cc(-c2nn(C3CCC(C)CC3)c3ncnc(N)c23)ccc1C. The standard InChI is InChI=1S/C20H25N5O.C6H13N.C3H8.C2H4O/c1-12-4-8-15(9-5-12)25-20-17(19(21)22-11-23-20)18(24-25)14-7-6-13(2)16(10-14)26-3;1-4-5-6-7(2)3;1-3-2;1-2-3/h6-7,10-12,15H,4-5,8-9H2,1-3H3,(H2,21,22,23);4-5H,6H2,1-3H3;3H2,1-2H3;2H,1H3/b;5-4+;;. The Balaban J connectivity index is 0.000000493. The number of benzene rings is 1. The van der Waals surface area contributed by atoms with E-state index in [4.69, 9.17) is 20.4 Å². The lowest BCUT2D eigenvalue weighted by Crippen LogP contribution is -2.18. The predicted molar refractivity (Wildman–Crippen MR) is 164 cm³/mol. The first-order chi connectivity index (χ1) is 18.7. The van der Waals surface area contributed by atoms with E-state index < -0.39 is 0 Å². The van der Waals surface area contributed by atoms with Crippen LogP contribution in [0.5, 0.6) is 5.75 Å². The number of hydrogen-bond donors (Lipinski definition) is 1. The molecular weight excluding hydrogens is 488 g/mol. The van der Waals surface area contributed by atoms with Gasteiger partial charge in [0.2, 0.25) is 0 Å². The van der Waals surface area contributed by atoms with E-state index >= 15 is 0 Å². The van der Waals surface area contributed by atoms with Crippen molar-refractivity contribution in [3.63, 3.8) is 0 Å². The summed E-state index contributed by atoms with van der Waals surface area (Å²) in [6.07, 6.45) is 12.4. The Morgan fingerprint density at radius 1 is 1.13 bits per heavy atom. The highest BCUT2D eigenvalue weighted by atomic mass is 16.5. The molecule has 216 valence electrons. The zero-order chi connectivity index (χ0) is 29.4. The minimum atomic E-state index is 0.365. The normalized spacial score (nSPS) is 16.5. The van der Waals surface area contributed by atoms with Crippen molar-refractivity contribution in [1.82, 2.24) is 24.6 Å². The number of hydrogen-bond acceptors (Lipinski definition) is 7. The van der Waals surface area contributed by atoms with Crippen molar-refractivity contribution in [2.75, 3.05) is 33.5 Å². The summed E-state index contributed by atoms with van der Waals surface area (Å²) in [6.45, 7) is 13.1. The van der Waals surface area contributed by atoms with Gasteiger partial charge in [-0.2, -0.15) is 5.10 Å². The van der Waals surface area contributed by atoms with Gasteiger partial charge in [-0.1, -0.05) is 51.5 Å². The van der Waals surface area contributed by atoms with E-state index in [1.54, 1.807) is 7.11 Å². The highest BCUT2D eigenvalue weighted by Crippen LogP contribution is 2.38. The number of anilines is 1. The van der Waals surface area contributed by atoms with Crippen molar-refractivity contribution in [1.29, 1.82) is 0 Å². The maximum Gasteiger partial charge on any atom is 0.164 e. The van der Waals surface area contributed by atoms with E-state index in [2.05, 4.69) is 72.6 Å². The molecule has 39 heavy (non-hydrogen) atoms. The van der Waals surface area contributed by atoms with Crippen molar-refractivity contribution >= 4 is 23.1 Å². The molecule has 1 aliphatic rings. The largest absolute Gasteiger partial charge is 0.496 e. The van der Waals surface area contributed by atoms with Crippen molar-refractivity contribution < 1.29 is 9.53 Å². The number of aromatic nitrogens is 4. The van der Waals surface area contributed by atoms with Crippen molar-refractivity contribution in [3.8, 4) is 17.0 Å². The average molecular weight is 539 g/mol. The van der Waals surface area contributed by atoms with Gasteiger partial charge in [0, 0.05) is 12.1 Å². The lowest BCUT2D eigenvalue weighted by Gasteiger charge is -2.26. The van der Waals surface area contributed by atoms with Crippen LogP contribution in [0, 0.1) is 12.8 Å². The van der Waals surface area contributed by atoms with Crippen LogP contribution in [0.4, 0.5) is 5.82 Å². The fraction of sp³-hybridized carbons (Fsp3) is 0.548. The number of aldehydes is 1. The maximum atomic E-state index is 8.81. The highest BCUT2D eigenvalue weighted by molar-refractivity contribution is 5.98. The lowest BCUT2D eigenvalue weighted by molar-refractivity contribution is -0.106. The Morgan fingerprint density at radius 2 is 1.74 bits per heavy atom. The predicted octanol–water partition coefficient (Wildman–Crippen LogP) is 6.89. The molecule has 0 saturated heterocycles. The topological polar surface area (TPSA) is 99.2 Å². The monoisotopic (exact) mass is 538 g/mol. The number of ether oxygens (including phenoxy) is 1. The number of nitrogen functional groups attached to an aromatic ring is 1. The Kier molecular flexibility index (Phi) is 15.7. The number of rotatable bonds is 5. The van der Waals surface area contributed by atoms with Gasteiger partial charge in [0.15, 0.2) is 5.65 Å². The summed E-state index contributed by atoms with van der Waals surface area (Å²) in [6, 6.07) is 6.47. The molecular formula is C31H50N6O2. The minimum absolute atomic E-state index is 0.365. The molecule has 2 aromatic heterocycles. The summed E-state index contributed by atoms with van der Waals surface area (Å²) in [4.78, 5) is 19.7. The van der Waals surface area contributed by atoms with Gasteiger partial charge in [-0.05, 0) is 78.1 Å². The summed E-state index contributed by atoms with van der Waals surface area (Å²) >= 11 is 0. The molecule has 0 spiro atoms. The van der Waals surface area contributed by atoms with Crippen LogP contribution in [0.15, 0.2) is 36.7 Å². The molecule has 0 atom stereocenters. The first kappa shape index (κ1) is 33.8. The summed E-state index contributed by atoms with van der Waals surface area (Å²) in [5, 5.41) is 5.78. The number of aryl methyl sites for hydroxylation is 1. The summed E-state index contributed by atoms with van der Waals surface area (Å²) in [5.74, 6) is 2.10. The zero-order valence-electron chi connectivity index (χ0n) is 25.6. The average Bonchev–Trinajstić information content (AvgIpc) is 3.30. The van der Waals surface area contributed by atoms with Gasteiger partial charge < -0.3 is 20.2 Å². The fourth-order valence-electron chi connectivity index (χ4n) is 4.22. The van der Waals surface area contributed by atoms with Crippen LogP contribution < -0.4 is 10.5 Å². The number of carbonyl (C=O) groups is 1. The second-order valence-corrected chi connectivity index (χ2v) is 10.1. The van der Waals surface area contributed by atoms with Crippen LogP contribution in [0.1, 0.15) is 78.3 Å². The molecule has 2 heterocycles. The number of methoxy groups -OCH3 is 1. The van der Waals surface area contributed by atoms with Crippen LogP contribution in [0.2, 0.25) is 0 Å². The van der Waals surface area contributed by atoms with E-state index in [9.17, 15) is 0 Å². The number of likely N-dealkylation sites (N-methyl/N-ethyl adjacent to an activating group) is 1. The molecule has 8 nitrogen and oxygen atoms in total. The number of allylic oxidation sites excluding steroid dienone is 1. The molecule has 0 amide bonds. The molecule has 0 bridgehead atoms. The van der Waals surface area contributed by atoms with E-state index in [-0.39, 0.29) is 0 Å². The molecule has 1 aromatic carbocycles. The molecule has 1 saturated carbocycles. The summed E-state index contributed by atoms with van der Waals surface area (Å²) < 4.78 is 7.56. The molecule has 8 heteroatoms. The quantitative estimate of drug-likeness (QED) is 0.279. The van der Waals surface area contributed by atoms with Crippen LogP contribution in [-0.2, 0) is 4.79 Å². The Hall–Kier alpha value is -3.26. The van der Waals surface area contributed by atoms with Crippen LogP contribution in [0.3, 0.4) is 0 Å². The molecule has 0 radical (unpaired) electrons. The molecule has 0 aliphatic heterocycles.